The first-order valence-electron chi connectivity index (χ1n) is 15.0. The number of phenolic OH excluding ortho intramolecular Hbond substituents is 1. The van der Waals surface area contributed by atoms with Gasteiger partial charge in [-0.05, 0) is 99.6 Å². The quantitative estimate of drug-likeness (QED) is 0.375. The number of nitrogens with zero attached hydrogens (tertiary/aromatic N) is 1. The summed E-state index contributed by atoms with van der Waals surface area (Å²) in [5, 5.41) is 30.6. The Bertz CT molecular complexity index is 1670. The van der Waals surface area contributed by atoms with Crippen molar-refractivity contribution < 1.29 is 38.5 Å². The zero-order valence-corrected chi connectivity index (χ0v) is 25.8. The van der Waals surface area contributed by atoms with Crippen LogP contribution in [0.5, 0.6) is 5.75 Å². The van der Waals surface area contributed by atoms with Crippen molar-refractivity contribution in [3.8, 4) is 11.8 Å². The molecule has 0 aliphatic heterocycles. The lowest BCUT2D eigenvalue weighted by Crippen LogP contribution is -2.69. The van der Waals surface area contributed by atoms with Gasteiger partial charge in [0.2, 0.25) is 5.60 Å². The number of rotatable bonds is 6. The maximum absolute atomic E-state index is 17.5. The fraction of sp³-hybridized carbons (Fsp3) is 0.429. The molecule has 234 valence electrons. The van der Waals surface area contributed by atoms with Crippen molar-refractivity contribution in [2.75, 3.05) is 6.61 Å². The second-order valence-electron chi connectivity index (χ2n) is 12.9. The highest BCUT2D eigenvalue weighted by Crippen LogP contribution is 2.70. The van der Waals surface area contributed by atoms with Gasteiger partial charge in [0.25, 0.3) is 0 Å². The summed E-state index contributed by atoms with van der Waals surface area (Å²) in [7, 11) is 0. The molecule has 8 nitrogen and oxygen atoms in total. The van der Waals surface area contributed by atoms with Gasteiger partial charge >= 0.3 is 11.9 Å². The minimum Gasteiger partial charge on any atom is -0.508 e. The van der Waals surface area contributed by atoms with Gasteiger partial charge in [0, 0.05) is 26.5 Å². The summed E-state index contributed by atoms with van der Waals surface area (Å²) >= 11 is 1.39. The highest BCUT2D eigenvalue weighted by atomic mass is 32.2. The van der Waals surface area contributed by atoms with Crippen LogP contribution in [0.2, 0.25) is 0 Å². The molecule has 0 bridgehead atoms. The number of benzene rings is 2. The Morgan fingerprint density at radius 3 is 2.58 bits per heavy atom. The summed E-state index contributed by atoms with van der Waals surface area (Å²) in [4.78, 5) is 41.2. The predicted octanol–water partition coefficient (Wildman–Crippen LogP) is 5.88. The van der Waals surface area contributed by atoms with E-state index in [1.807, 2.05) is 6.07 Å². The van der Waals surface area contributed by atoms with E-state index in [9.17, 15) is 24.6 Å². The molecule has 0 saturated heterocycles. The van der Waals surface area contributed by atoms with Gasteiger partial charge in [-0.2, -0.15) is 5.26 Å². The molecule has 2 unspecified atom stereocenters. The van der Waals surface area contributed by atoms with Gasteiger partial charge in [-0.3, -0.25) is 4.79 Å². The number of allylic oxidation sites excluding steroid dienone is 4. The Labute approximate surface area is 264 Å². The molecule has 10 heteroatoms. The first-order valence-corrected chi connectivity index (χ1v) is 15.9. The molecular formula is C35H34FNO7S. The van der Waals surface area contributed by atoms with Crippen LogP contribution in [0.4, 0.5) is 4.39 Å². The van der Waals surface area contributed by atoms with Crippen LogP contribution >= 0.6 is 11.8 Å². The Morgan fingerprint density at radius 1 is 1.11 bits per heavy atom. The van der Waals surface area contributed by atoms with Crippen LogP contribution in [0.15, 0.2) is 82.1 Å². The number of fused-ring (bicyclic) bond motifs is 5. The van der Waals surface area contributed by atoms with E-state index in [2.05, 4.69) is 0 Å². The lowest BCUT2D eigenvalue weighted by molar-refractivity contribution is -0.224. The van der Waals surface area contributed by atoms with E-state index in [4.69, 9.17) is 14.7 Å². The number of carbonyl (C=O) groups excluding carboxylic acids is 3. The molecule has 0 heterocycles. The monoisotopic (exact) mass is 631 g/mol. The Hall–Kier alpha value is -3.94. The predicted molar refractivity (Wildman–Crippen MR) is 162 cm³/mol. The molecule has 4 aliphatic rings. The Kier molecular flexibility index (Phi) is 7.69. The number of halogens is 1. The maximum atomic E-state index is 17.5. The largest absolute Gasteiger partial charge is 0.508 e. The standard InChI is InChI=1S/C35H34FNO7S/c1-32-14-12-24(39)18-22(32)8-11-28-27-13-15-34(31(42)43-17-16-37,33(27,2)20-29(40)35(28,32)36)44-30(41)21-6-9-25(10-7-21)45-26-5-3-4-23(38)19-26/h3-7,9-10,12,14,18-19,27-29,38,40H,8,11,13,15,17,20H2,1-2H3/t27-,28-,29-,32-,33-,34?,35?/m0/s1. The molecule has 0 spiro atoms. The van der Waals surface area contributed by atoms with Gasteiger partial charge in [0.1, 0.15) is 11.8 Å². The van der Waals surface area contributed by atoms with Crippen LogP contribution in [0, 0.1) is 34.0 Å². The van der Waals surface area contributed by atoms with Crippen LogP contribution in [0.1, 0.15) is 56.3 Å². The van der Waals surface area contributed by atoms with Crippen LogP contribution in [0.25, 0.3) is 0 Å². The van der Waals surface area contributed by atoms with Crippen molar-refractivity contribution in [3.05, 3.63) is 77.9 Å². The molecule has 2 aromatic rings. The van der Waals surface area contributed by atoms with Gasteiger partial charge < -0.3 is 19.7 Å². The summed E-state index contributed by atoms with van der Waals surface area (Å²) in [6.45, 7) is 2.91. The summed E-state index contributed by atoms with van der Waals surface area (Å²) in [5.74, 6) is -2.89. The van der Waals surface area contributed by atoms with Gasteiger partial charge in [0.05, 0.1) is 11.7 Å². The number of aliphatic hydroxyl groups excluding tert-OH is 1. The first kappa shape index (κ1) is 31.1. The Balaban J connectivity index is 1.31. The minimum absolute atomic E-state index is 0.0443. The number of carbonyl (C=O) groups is 3. The smallest absolute Gasteiger partial charge is 0.352 e. The summed E-state index contributed by atoms with van der Waals surface area (Å²) < 4.78 is 29.0. The summed E-state index contributed by atoms with van der Waals surface area (Å²) in [6, 6.07) is 15.2. The zero-order chi connectivity index (χ0) is 32.2. The minimum atomic E-state index is -2.11. The summed E-state index contributed by atoms with van der Waals surface area (Å²) in [6.07, 6.45) is 3.84. The summed E-state index contributed by atoms with van der Waals surface area (Å²) in [5.41, 5.74) is -5.55. The average molecular weight is 632 g/mol. The van der Waals surface area contributed by atoms with Crippen molar-refractivity contribution in [3.63, 3.8) is 0 Å². The van der Waals surface area contributed by atoms with Crippen molar-refractivity contribution >= 4 is 29.5 Å². The number of aromatic hydroxyl groups is 1. The van der Waals surface area contributed by atoms with E-state index in [0.29, 0.717) is 24.8 Å². The van der Waals surface area contributed by atoms with Crippen molar-refractivity contribution in [1.82, 2.24) is 0 Å². The van der Waals surface area contributed by atoms with Crippen molar-refractivity contribution in [2.24, 2.45) is 22.7 Å². The molecule has 0 aromatic heterocycles. The second kappa shape index (κ2) is 11.1. The van der Waals surface area contributed by atoms with E-state index in [1.165, 1.54) is 23.9 Å². The molecule has 4 aliphatic carbocycles. The van der Waals surface area contributed by atoms with Crippen LogP contribution < -0.4 is 0 Å². The van der Waals surface area contributed by atoms with Crippen molar-refractivity contribution in [2.45, 2.75) is 73.1 Å². The average Bonchev–Trinajstić information content (AvgIpc) is 3.29. The lowest BCUT2D eigenvalue weighted by atomic mass is 9.45. The topological polar surface area (TPSA) is 134 Å². The second-order valence-corrected chi connectivity index (χ2v) is 14.0. The molecule has 45 heavy (non-hydrogen) atoms. The highest BCUT2D eigenvalue weighted by Gasteiger charge is 2.76. The number of phenols is 1. The van der Waals surface area contributed by atoms with Crippen LogP contribution in [0.3, 0.4) is 0 Å². The molecule has 3 fully saturated rings. The number of nitriles is 1. The molecule has 0 amide bonds. The number of aliphatic hydroxyl groups is 1. The number of ether oxygens (including phenoxy) is 2. The van der Waals surface area contributed by atoms with Gasteiger partial charge in [-0.1, -0.05) is 36.4 Å². The van der Waals surface area contributed by atoms with E-state index in [1.54, 1.807) is 68.5 Å². The fourth-order valence-electron chi connectivity index (χ4n) is 8.52. The maximum Gasteiger partial charge on any atom is 0.352 e. The van der Waals surface area contributed by atoms with Crippen LogP contribution in [-0.4, -0.2) is 51.9 Å². The Morgan fingerprint density at radius 2 is 1.87 bits per heavy atom. The lowest BCUT2D eigenvalue weighted by Gasteiger charge is -2.62. The van der Waals surface area contributed by atoms with E-state index < -0.39 is 58.6 Å². The number of alkyl halides is 1. The molecule has 3 saturated carbocycles. The molecule has 2 N–H and O–H groups in total. The SMILES string of the molecule is C[C@]12C=CC(=O)C=C1CC[C@H]1[C@@H]3CCC(OC(=O)c4ccc(Sc5cccc(O)c5)cc4)(C(=O)OCC#N)[C@@]3(C)C[C@H](O)C12F. The molecule has 6 rings (SSSR count). The van der Waals surface area contributed by atoms with E-state index in [-0.39, 0.29) is 29.9 Å². The van der Waals surface area contributed by atoms with Crippen molar-refractivity contribution in [1.29, 1.82) is 5.26 Å². The number of ketones is 1. The molecule has 0 radical (unpaired) electrons. The third kappa shape index (κ3) is 4.70. The molecule has 7 atom stereocenters. The van der Waals surface area contributed by atoms with Gasteiger partial charge in [-0.25, -0.2) is 14.0 Å². The number of hydrogen-bond acceptors (Lipinski definition) is 9. The van der Waals surface area contributed by atoms with E-state index >= 15 is 4.39 Å². The molecule has 2 aromatic carbocycles. The third-order valence-electron chi connectivity index (χ3n) is 10.8. The highest BCUT2D eigenvalue weighted by molar-refractivity contribution is 7.99. The van der Waals surface area contributed by atoms with Crippen LogP contribution in [-0.2, 0) is 19.1 Å². The first-order chi connectivity index (χ1) is 21.4. The van der Waals surface area contributed by atoms with Gasteiger partial charge in [0.15, 0.2) is 18.1 Å². The van der Waals surface area contributed by atoms with Gasteiger partial charge in [-0.15, -0.1) is 0 Å². The van der Waals surface area contributed by atoms with E-state index in [0.717, 1.165) is 9.79 Å². The fourth-order valence-corrected chi connectivity index (χ4v) is 9.39. The third-order valence-corrected chi connectivity index (χ3v) is 11.8. The number of hydrogen-bond donors (Lipinski definition) is 2. The zero-order valence-electron chi connectivity index (χ0n) is 25.0. The molecular weight excluding hydrogens is 597 g/mol. The number of esters is 2. The normalized spacial score (nSPS) is 34.9.